The first kappa shape index (κ1) is 15.9. The van der Waals surface area contributed by atoms with Gasteiger partial charge in [-0.2, -0.15) is 0 Å². The summed E-state index contributed by atoms with van der Waals surface area (Å²) in [5.41, 5.74) is 2.21. The predicted octanol–water partition coefficient (Wildman–Crippen LogP) is 2.86. The molecule has 128 valence electrons. The number of hydrogen-bond acceptors (Lipinski definition) is 3. The van der Waals surface area contributed by atoms with Gasteiger partial charge in [-0.05, 0) is 37.1 Å². The number of aromatic nitrogens is 3. The lowest BCUT2D eigenvalue weighted by Crippen LogP contribution is -2.40. The molecule has 1 N–H and O–H groups in total. The van der Waals surface area contributed by atoms with E-state index in [2.05, 4.69) is 9.97 Å². The van der Waals surface area contributed by atoms with Gasteiger partial charge in [0.25, 0.3) is 5.91 Å². The highest BCUT2D eigenvalue weighted by atomic mass is 35.5. The van der Waals surface area contributed by atoms with Gasteiger partial charge in [-0.15, -0.1) is 0 Å². The number of likely N-dealkylation sites (tertiary alicyclic amines) is 1. The lowest BCUT2D eigenvalue weighted by molar-refractivity contribution is 0.0695. The van der Waals surface area contributed by atoms with Crippen molar-refractivity contribution in [3.8, 4) is 0 Å². The zero-order valence-corrected chi connectivity index (χ0v) is 14.2. The van der Waals surface area contributed by atoms with Crippen LogP contribution in [0.5, 0.6) is 0 Å². The SMILES string of the molecule is O=C(c1ccnc(Cl)c1)N1CCC(n2c(=O)[nH]c3ccccc32)CC1. The highest BCUT2D eigenvalue weighted by Crippen LogP contribution is 2.25. The molecule has 1 amide bonds. The number of hydrogen-bond donors (Lipinski definition) is 1. The highest BCUT2D eigenvalue weighted by Gasteiger charge is 2.26. The number of piperidine rings is 1. The molecule has 1 aromatic carbocycles. The zero-order chi connectivity index (χ0) is 17.4. The summed E-state index contributed by atoms with van der Waals surface area (Å²) in [6, 6.07) is 11.0. The average molecular weight is 357 g/mol. The van der Waals surface area contributed by atoms with Gasteiger partial charge in [0, 0.05) is 30.9 Å². The second-order valence-corrected chi connectivity index (χ2v) is 6.60. The first-order valence-electron chi connectivity index (χ1n) is 8.23. The smallest absolute Gasteiger partial charge is 0.326 e. The fourth-order valence-electron chi connectivity index (χ4n) is 3.48. The Morgan fingerprint density at radius 3 is 2.72 bits per heavy atom. The lowest BCUT2D eigenvalue weighted by atomic mass is 10.0. The summed E-state index contributed by atoms with van der Waals surface area (Å²) in [7, 11) is 0. The van der Waals surface area contributed by atoms with Gasteiger partial charge < -0.3 is 9.88 Å². The Hall–Kier alpha value is -2.60. The Balaban J connectivity index is 1.52. The third-order valence-electron chi connectivity index (χ3n) is 4.71. The van der Waals surface area contributed by atoms with Crippen molar-refractivity contribution in [1.29, 1.82) is 0 Å². The van der Waals surface area contributed by atoms with Crippen LogP contribution in [0.3, 0.4) is 0 Å². The molecule has 0 aliphatic carbocycles. The Labute approximate surface area is 149 Å². The van der Waals surface area contributed by atoms with E-state index in [4.69, 9.17) is 11.6 Å². The van der Waals surface area contributed by atoms with Gasteiger partial charge in [0.2, 0.25) is 0 Å². The van der Waals surface area contributed by atoms with Crippen molar-refractivity contribution in [2.75, 3.05) is 13.1 Å². The number of H-pyrrole nitrogens is 1. The number of amides is 1. The van der Waals surface area contributed by atoms with Gasteiger partial charge in [-0.3, -0.25) is 9.36 Å². The molecule has 0 unspecified atom stereocenters. The molecule has 2 aromatic heterocycles. The van der Waals surface area contributed by atoms with E-state index in [1.165, 1.54) is 6.20 Å². The third kappa shape index (κ3) is 2.93. The molecule has 1 saturated heterocycles. The van der Waals surface area contributed by atoms with E-state index in [1.807, 2.05) is 33.7 Å². The number of halogens is 1. The molecule has 0 spiro atoms. The van der Waals surface area contributed by atoms with E-state index in [0.29, 0.717) is 23.8 Å². The van der Waals surface area contributed by atoms with Gasteiger partial charge >= 0.3 is 5.69 Å². The number of nitrogens with zero attached hydrogens (tertiary/aromatic N) is 3. The summed E-state index contributed by atoms with van der Waals surface area (Å²) in [5.74, 6) is -0.0472. The van der Waals surface area contributed by atoms with Crippen LogP contribution in [0.1, 0.15) is 29.2 Å². The van der Waals surface area contributed by atoms with Crippen LogP contribution in [0.4, 0.5) is 0 Å². The molecule has 1 aliphatic heterocycles. The molecule has 3 aromatic rings. The van der Waals surface area contributed by atoms with Crippen molar-refractivity contribution in [1.82, 2.24) is 19.4 Å². The summed E-state index contributed by atoms with van der Waals surface area (Å²) < 4.78 is 1.82. The number of imidazole rings is 1. The minimum Gasteiger partial charge on any atom is -0.338 e. The number of benzene rings is 1. The van der Waals surface area contributed by atoms with Crippen LogP contribution in [-0.4, -0.2) is 38.4 Å². The summed E-state index contributed by atoms with van der Waals surface area (Å²) >= 11 is 5.87. The first-order valence-corrected chi connectivity index (χ1v) is 8.61. The Kier molecular flexibility index (Phi) is 4.05. The van der Waals surface area contributed by atoms with E-state index >= 15 is 0 Å². The zero-order valence-electron chi connectivity index (χ0n) is 13.5. The second kappa shape index (κ2) is 6.37. The molecular formula is C18H17ClN4O2. The Morgan fingerprint density at radius 2 is 1.96 bits per heavy atom. The first-order chi connectivity index (χ1) is 12.1. The monoisotopic (exact) mass is 356 g/mol. The molecule has 0 saturated carbocycles. The maximum Gasteiger partial charge on any atom is 0.326 e. The number of rotatable bonds is 2. The molecule has 6 nitrogen and oxygen atoms in total. The maximum absolute atomic E-state index is 12.6. The van der Waals surface area contributed by atoms with Crippen molar-refractivity contribution in [2.24, 2.45) is 0 Å². The Bertz CT molecular complexity index is 986. The van der Waals surface area contributed by atoms with Crippen LogP contribution in [0.15, 0.2) is 47.4 Å². The van der Waals surface area contributed by atoms with Crippen molar-refractivity contribution in [3.63, 3.8) is 0 Å². The van der Waals surface area contributed by atoms with Crippen LogP contribution >= 0.6 is 11.6 Å². The van der Waals surface area contributed by atoms with E-state index in [0.717, 1.165) is 23.9 Å². The van der Waals surface area contributed by atoms with E-state index in [9.17, 15) is 9.59 Å². The van der Waals surface area contributed by atoms with Gasteiger partial charge in [0.05, 0.1) is 11.0 Å². The van der Waals surface area contributed by atoms with Gasteiger partial charge in [-0.1, -0.05) is 23.7 Å². The molecule has 1 aliphatic rings. The molecule has 3 heterocycles. The maximum atomic E-state index is 12.6. The standard InChI is InChI=1S/C18H17ClN4O2/c19-16-11-12(5-8-20-16)17(24)22-9-6-13(7-10-22)23-15-4-2-1-3-14(15)21-18(23)25/h1-5,8,11,13H,6-7,9-10H2,(H,21,25). The average Bonchev–Trinajstić information content (AvgIpc) is 2.97. The minimum atomic E-state index is -0.0908. The third-order valence-corrected chi connectivity index (χ3v) is 4.92. The van der Waals surface area contributed by atoms with Crippen molar-refractivity contribution >= 4 is 28.5 Å². The fraction of sp³-hybridized carbons (Fsp3) is 0.278. The normalized spacial score (nSPS) is 15.6. The molecule has 4 rings (SSSR count). The highest BCUT2D eigenvalue weighted by molar-refractivity contribution is 6.29. The molecule has 1 fully saturated rings. The number of pyridine rings is 1. The summed E-state index contributed by atoms with van der Waals surface area (Å²) in [6.45, 7) is 1.21. The van der Waals surface area contributed by atoms with Crippen molar-refractivity contribution in [3.05, 3.63) is 63.8 Å². The molecule has 0 bridgehead atoms. The number of carbonyl (C=O) groups excluding carboxylic acids is 1. The molecular weight excluding hydrogens is 340 g/mol. The van der Waals surface area contributed by atoms with Crippen LogP contribution in [0.25, 0.3) is 11.0 Å². The van der Waals surface area contributed by atoms with Crippen molar-refractivity contribution in [2.45, 2.75) is 18.9 Å². The molecule has 0 atom stereocenters. The molecule has 0 radical (unpaired) electrons. The van der Waals surface area contributed by atoms with E-state index < -0.39 is 0 Å². The molecule has 25 heavy (non-hydrogen) atoms. The number of carbonyl (C=O) groups is 1. The minimum absolute atomic E-state index is 0.0472. The number of aromatic amines is 1. The van der Waals surface area contributed by atoms with E-state index in [-0.39, 0.29) is 17.6 Å². The largest absolute Gasteiger partial charge is 0.338 e. The number of nitrogens with one attached hydrogen (secondary N) is 1. The van der Waals surface area contributed by atoms with Crippen LogP contribution in [-0.2, 0) is 0 Å². The van der Waals surface area contributed by atoms with Gasteiger partial charge in [0.1, 0.15) is 5.15 Å². The number of fused-ring (bicyclic) bond motifs is 1. The van der Waals surface area contributed by atoms with Crippen LogP contribution in [0.2, 0.25) is 5.15 Å². The Morgan fingerprint density at radius 1 is 1.20 bits per heavy atom. The van der Waals surface area contributed by atoms with Gasteiger partial charge in [-0.25, -0.2) is 9.78 Å². The summed E-state index contributed by atoms with van der Waals surface area (Å²) in [6.07, 6.45) is 3.02. The van der Waals surface area contributed by atoms with Crippen LogP contribution in [0, 0.1) is 0 Å². The van der Waals surface area contributed by atoms with Crippen LogP contribution < -0.4 is 5.69 Å². The topological polar surface area (TPSA) is 71.0 Å². The predicted molar refractivity (Wildman–Crippen MR) is 96.0 cm³/mol. The van der Waals surface area contributed by atoms with Crippen molar-refractivity contribution < 1.29 is 4.79 Å². The quantitative estimate of drug-likeness (QED) is 0.718. The molecule has 7 heteroatoms. The summed E-state index contributed by atoms with van der Waals surface area (Å²) in [5, 5.41) is 0.311. The lowest BCUT2D eigenvalue weighted by Gasteiger charge is -2.32. The number of para-hydroxylation sites is 2. The van der Waals surface area contributed by atoms with E-state index in [1.54, 1.807) is 12.1 Å². The second-order valence-electron chi connectivity index (χ2n) is 6.21. The summed E-state index contributed by atoms with van der Waals surface area (Å²) in [4.78, 5) is 33.5. The van der Waals surface area contributed by atoms with Gasteiger partial charge in [0.15, 0.2) is 0 Å². The fourth-order valence-corrected chi connectivity index (χ4v) is 3.66.